The van der Waals surface area contributed by atoms with Gasteiger partial charge in [-0.15, -0.1) is 12.4 Å². The highest BCUT2D eigenvalue weighted by atomic mass is 35.5. The van der Waals surface area contributed by atoms with E-state index in [2.05, 4.69) is 22.3 Å². The first-order valence-electron chi connectivity index (χ1n) is 10.5. The number of alkyl halides is 3. The van der Waals surface area contributed by atoms with Crippen LogP contribution in [0, 0.1) is 5.92 Å². The summed E-state index contributed by atoms with van der Waals surface area (Å²) in [6.45, 7) is 4.57. The number of fused-ring (bicyclic) bond motifs is 2. The molecule has 0 spiro atoms. The smallest absolute Gasteiger partial charge is 0.381 e. The van der Waals surface area contributed by atoms with Gasteiger partial charge in [-0.05, 0) is 50.8 Å². The highest BCUT2D eigenvalue weighted by Gasteiger charge is 2.47. The van der Waals surface area contributed by atoms with Crippen LogP contribution < -0.4 is 5.32 Å². The van der Waals surface area contributed by atoms with Gasteiger partial charge < -0.3 is 5.32 Å². The lowest BCUT2D eigenvalue weighted by Crippen LogP contribution is -2.28. The van der Waals surface area contributed by atoms with Crippen molar-refractivity contribution in [2.75, 3.05) is 5.32 Å². The molecule has 0 saturated heterocycles. The topological polar surface area (TPSA) is 76.9 Å². The highest BCUT2D eigenvalue weighted by molar-refractivity contribution is 7.92. The van der Waals surface area contributed by atoms with E-state index < -0.39 is 20.2 Å². The molecule has 176 valence electrons. The average Bonchev–Trinajstić information content (AvgIpc) is 3.15. The fourth-order valence-corrected chi connectivity index (χ4v) is 5.20. The molecule has 1 aliphatic carbocycles. The van der Waals surface area contributed by atoms with E-state index in [1.807, 2.05) is 6.92 Å². The predicted octanol–water partition coefficient (Wildman–Crippen LogP) is 5.70. The number of nitrogens with zero attached hydrogens (tertiary/aromatic N) is 3. The minimum Gasteiger partial charge on any atom is -0.381 e. The molecule has 1 aromatic carbocycles. The Bertz CT molecular complexity index is 1220. The van der Waals surface area contributed by atoms with Gasteiger partial charge in [0, 0.05) is 18.0 Å². The second kappa shape index (κ2) is 9.05. The maximum Gasteiger partial charge on any atom is 0.501 e. The first kappa shape index (κ1) is 24.6. The number of rotatable bonds is 5. The molecular weight excluding hydrogens is 465 g/mol. The summed E-state index contributed by atoms with van der Waals surface area (Å²) in [4.78, 5) is 3.77. The van der Waals surface area contributed by atoms with Crippen molar-refractivity contribution in [3.63, 3.8) is 0 Å². The summed E-state index contributed by atoms with van der Waals surface area (Å²) < 4.78 is 65.2. The van der Waals surface area contributed by atoms with Gasteiger partial charge in [0.05, 0.1) is 27.7 Å². The van der Waals surface area contributed by atoms with E-state index in [-0.39, 0.29) is 18.4 Å². The molecule has 0 bridgehead atoms. The van der Waals surface area contributed by atoms with Crippen molar-refractivity contribution < 1.29 is 21.6 Å². The van der Waals surface area contributed by atoms with Crippen LogP contribution in [0.2, 0.25) is 0 Å². The van der Waals surface area contributed by atoms with E-state index in [0.29, 0.717) is 40.1 Å². The Hall–Kier alpha value is -2.07. The van der Waals surface area contributed by atoms with E-state index >= 15 is 0 Å². The molecule has 3 aromatic rings. The minimum absolute atomic E-state index is 0. The molecule has 1 aliphatic rings. The monoisotopic (exact) mass is 490 g/mol. The predicted molar refractivity (Wildman–Crippen MR) is 121 cm³/mol. The molecule has 32 heavy (non-hydrogen) atoms. The van der Waals surface area contributed by atoms with Crippen molar-refractivity contribution in [1.82, 2.24) is 14.8 Å². The third kappa shape index (κ3) is 4.26. The molecule has 0 unspecified atom stereocenters. The Balaban J connectivity index is 0.00000289. The number of halogens is 4. The van der Waals surface area contributed by atoms with Gasteiger partial charge in [0.1, 0.15) is 0 Å². The first-order valence-corrected chi connectivity index (χ1v) is 12.0. The molecule has 4 rings (SSSR count). The SMILES string of the molecule is CCn1ncc2c(N[C@@H](C)C3CCCCC3)c3cc(S(=O)(=O)C(F)(F)F)ccc3nc21.Cl. The number of hydrogen-bond acceptors (Lipinski definition) is 5. The van der Waals surface area contributed by atoms with Gasteiger partial charge in [0.15, 0.2) is 5.65 Å². The standard InChI is InChI=1S/C21H25F3N4O2S.ClH/c1-3-28-20-17(12-25-28)19(26-13(2)14-7-5-4-6-8-14)16-11-15(9-10-18(16)27-20)31(29,30)21(22,23)24;/h9-14H,3-8H2,1-2H3,(H,26,27);1H/t13-;/m0./s1. The van der Waals surface area contributed by atoms with Crippen molar-refractivity contribution in [2.24, 2.45) is 5.92 Å². The van der Waals surface area contributed by atoms with E-state index in [1.54, 1.807) is 10.9 Å². The van der Waals surface area contributed by atoms with Gasteiger partial charge in [0.25, 0.3) is 9.84 Å². The van der Waals surface area contributed by atoms with E-state index in [1.165, 1.54) is 12.5 Å². The van der Waals surface area contributed by atoms with Gasteiger partial charge in [-0.25, -0.2) is 18.1 Å². The quantitative estimate of drug-likeness (QED) is 0.496. The Kier molecular flexibility index (Phi) is 6.95. The van der Waals surface area contributed by atoms with Crippen molar-refractivity contribution >= 4 is 49.9 Å². The van der Waals surface area contributed by atoms with Crippen LogP contribution >= 0.6 is 12.4 Å². The second-order valence-electron chi connectivity index (χ2n) is 8.14. The van der Waals surface area contributed by atoms with Crippen LogP contribution in [0.5, 0.6) is 0 Å². The van der Waals surface area contributed by atoms with Crippen LogP contribution in [0.1, 0.15) is 46.0 Å². The summed E-state index contributed by atoms with van der Waals surface area (Å²) in [5.74, 6) is 0.440. The molecule has 11 heteroatoms. The molecular formula is C21H26ClF3N4O2S. The Morgan fingerprint density at radius 1 is 1.19 bits per heavy atom. The van der Waals surface area contributed by atoms with E-state index in [0.717, 1.165) is 37.8 Å². The number of aryl methyl sites for hydroxylation is 1. The summed E-state index contributed by atoms with van der Waals surface area (Å²) >= 11 is 0. The Labute approximate surface area is 190 Å². The Morgan fingerprint density at radius 3 is 2.50 bits per heavy atom. The zero-order valence-electron chi connectivity index (χ0n) is 17.8. The van der Waals surface area contributed by atoms with Crippen LogP contribution in [0.15, 0.2) is 29.3 Å². The number of anilines is 1. The summed E-state index contributed by atoms with van der Waals surface area (Å²) in [6, 6.07) is 3.44. The van der Waals surface area contributed by atoms with Gasteiger partial charge in [-0.2, -0.15) is 18.3 Å². The summed E-state index contributed by atoms with van der Waals surface area (Å²) in [7, 11) is -5.46. The van der Waals surface area contributed by atoms with Gasteiger partial charge in [-0.1, -0.05) is 19.3 Å². The molecule has 0 amide bonds. The summed E-state index contributed by atoms with van der Waals surface area (Å²) in [6.07, 6.45) is 7.33. The lowest BCUT2D eigenvalue weighted by molar-refractivity contribution is -0.0435. The number of hydrogen-bond donors (Lipinski definition) is 1. The highest BCUT2D eigenvalue weighted by Crippen LogP contribution is 2.37. The molecule has 2 heterocycles. The van der Waals surface area contributed by atoms with Crippen LogP contribution in [-0.2, 0) is 16.4 Å². The van der Waals surface area contributed by atoms with Crippen LogP contribution in [0.4, 0.5) is 18.9 Å². The number of pyridine rings is 1. The number of benzene rings is 1. The van der Waals surface area contributed by atoms with Gasteiger partial charge in [0.2, 0.25) is 0 Å². The van der Waals surface area contributed by atoms with Crippen molar-refractivity contribution in [2.45, 2.75) is 68.9 Å². The lowest BCUT2D eigenvalue weighted by Gasteiger charge is -2.29. The van der Waals surface area contributed by atoms with Gasteiger partial charge >= 0.3 is 5.51 Å². The molecule has 1 fully saturated rings. The average molecular weight is 491 g/mol. The van der Waals surface area contributed by atoms with E-state index in [4.69, 9.17) is 0 Å². The van der Waals surface area contributed by atoms with Crippen molar-refractivity contribution in [3.8, 4) is 0 Å². The molecule has 1 atom stereocenters. The summed E-state index contributed by atoms with van der Waals surface area (Å²) in [5, 5.41) is 8.84. The second-order valence-corrected chi connectivity index (χ2v) is 10.1. The van der Waals surface area contributed by atoms with Crippen LogP contribution in [0.3, 0.4) is 0 Å². The molecule has 2 aromatic heterocycles. The van der Waals surface area contributed by atoms with Gasteiger partial charge in [-0.3, -0.25) is 0 Å². The fourth-order valence-electron chi connectivity index (χ4n) is 4.41. The van der Waals surface area contributed by atoms with Crippen molar-refractivity contribution in [1.29, 1.82) is 0 Å². The largest absolute Gasteiger partial charge is 0.501 e. The molecule has 0 radical (unpaired) electrons. The maximum atomic E-state index is 13.1. The van der Waals surface area contributed by atoms with Crippen molar-refractivity contribution in [3.05, 3.63) is 24.4 Å². The lowest BCUT2D eigenvalue weighted by atomic mass is 9.84. The number of aromatic nitrogens is 3. The Morgan fingerprint density at radius 2 is 1.88 bits per heavy atom. The van der Waals surface area contributed by atoms with Crippen LogP contribution in [-0.4, -0.2) is 34.7 Å². The maximum absolute atomic E-state index is 13.1. The fraction of sp³-hybridized carbons (Fsp3) is 0.524. The molecule has 1 saturated carbocycles. The first-order chi connectivity index (χ1) is 14.6. The number of nitrogens with one attached hydrogen (secondary N) is 1. The molecule has 1 N–H and O–H groups in total. The molecule has 0 aliphatic heterocycles. The summed E-state index contributed by atoms with van der Waals surface area (Å²) in [5.41, 5.74) is -3.76. The minimum atomic E-state index is -5.46. The third-order valence-corrected chi connectivity index (χ3v) is 7.67. The third-order valence-electron chi connectivity index (χ3n) is 6.19. The zero-order valence-corrected chi connectivity index (χ0v) is 19.4. The normalized spacial score (nSPS) is 16.8. The number of sulfone groups is 1. The van der Waals surface area contributed by atoms with E-state index in [9.17, 15) is 21.6 Å². The van der Waals surface area contributed by atoms with Crippen LogP contribution in [0.25, 0.3) is 21.9 Å². The zero-order chi connectivity index (χ0) is 22.4. The molecule has 6 nitrogen and oxygen atoms in total.